The molecule has 4 heteroatoms. The number of hydrogen-bond donors (Lipinski definition) is 1. The maximum Gasteiger partial charge on any atom is 0.337 e. The van der Waals surface area contributed by atoms with Crippen molar-refractivity contribution in [2.75, 3.05) is 31.6 Å². The summed E-state index contributed by atoms with van der Waals surface area (Å²) >= 11 is 0. The van der Waals surface area contributed by atoms with Gasteiger partial charge in [-0.2, -0.15) is 0 Å². The molecule has 0 aliphatic carbocycles. The number of hydrogen-bond acceptors (Lipinski definition) is 4. The summed E-state index contributed by atoms with van der Waals surface area (Å²) in [6, 6.07) is 8.07. The third-order valence-corrected chi connectivity index (χ3v) is 3.12. The molecule has 1 aromatic rings. The van der Waals surface area contributed by atoms with E-state index < -0.39 is 0 Å². The fraction of sp³-hybridized carbons (Fsp3) is 0.462. The van der Waals surface area contributed by atoms with Gasteiger partial charge in [0, 0.05) is 31.4 Å². The van der Waals surface area contributed by atoms with E-state index >= 15 is 0 Å². The van der Waals surface area contributed by atoms with E-state index in [4.69, 9.17) is 0 Å². The van der Waals surface area contributed by atoms with Crippen molar-refractivity contribution in [3.8, 4) is 0 Å². The van der Waals surface area contributed by atoms with Crippen molar-refractivity contribution in [3.63, 3.8) is 0 Å². The first-order valence-corrected chi connectivity index (χ1v) is 5.88. The highest BCUT2D eigenvalue weighted by atomic mass is 16.5. The second-order valence-electron chi connectivity index (χ2n) is 4.28. The number of methoxy groups -OCH3 is 1. The first kappa shape index (κ1) is 11.9. The minimum absolute atomic E-state index is 0.287. The Balaban J connectivity index is 2.14. The van der Waals surface area contributed by atoms with Crippen LogP contribution in [-0.2, 0) is 4.74 Å². The molecule has 1 fully saturated rings. The number of ether oxygens (including phenoxy) is 1. The Morgan fingerprint density at radius 2 is 2.12 bits per heavy atom. The van der Waals surface area contributed by atoms with Gasteiger partial charge in [-0.1, -0.05) is 0 Å². The highest BCUT2D eigenvalue weighted by molar-refractivity contribution is 5.89. The normalized spacial score (nSPS) is 20.1. The van der Waals surface area contributed by atoms with Crippen LogP contribution in [0.2, 0.25) is 0 Å². The van der Waals surface area contributed by atoms with Crippen LogP contribution >= 0.6 is 0 Å². The van der Waals surface area contributed by atoms with Gasteiger partial charge in [0.1, 0.15) is 0 Å². The SMILES string of the molecule is COC(=O)c1ccc(N2CCNC[C@@H]2C)cc1. The van der Waals surface area contributed by atoms with Crippen LogP contribution < -0.4 is 10.2 Å². The Labute approximate surface area is 102 Å². The molecular formula is C13H18N2O2. The molecule has 1 aromatic carbocycles. The number of nitrogens with one attached hydrogen (secondary N) is 1. The zero-order chi connectivity index (χ0) is 12.3. The average Bonchev–Trinajstić information content (AvgIpc) is 2.39. The van der Waals surface area contributed by atoms with Gasteiger partial charge in [-0.15, -0.1) is 0 Å². The quantitative estimate of drug-likeness (QED) is 0.782. The third-order valence-electron chi connectivity index (χ3n) is 3.12. The van der Waals surface area contributed by atoms with Crippen molar-refractivity contribution in [1.29, 1.82) is 0 Å². The van der Waals surface area contributed by atoms with E-state index in [-0.39, 0.29) is 5.97 Å². The standard InChI is InChI=1S/C13H18N2O2/c1-10-9-14-7-8-15(10)12-5-3-11(4-6-12)13(16)17-2/h3-6,10,14H,7-9H2,1-2H3/t10-/m0/s1. The van der Waals surface area contributed by atoms with E-state index in [1.54, 1.807) is 0 Å². The fourth-order valence-corrected chi connectivity index (χ4v) is 2.13. The lowest BCUT2D eigenvalue weighted by Gasteiger charge is -2.35. The van der Waals surface area contributed by atoms with E-state index in [0.29, 0.717) is 11.6 Å². The highest BCUT2D eigenvalue weighted by Gasteiger charge is 2.18. The number of carbonyl (C=O) groups is 1. The van der Waals surface area contributed by atoms with Crippen LogP contribution in [-0.4, -0.2) is 38.8 Å². The van der Waals surface area contributed by atoms with Gasteiger partial charge in [-0.05, 0) is 31.2 Å². The molecule has 0 radical (unpaired) electrons. The molecule has 1 atom stereocenters. The van der Waals surface area contributed by atoms with E-state index in [9.17, 15) is 4.79 Å². The second-order valence-corrected chi connectivity index (χ2v) is 4.28. The van der Waals surface area contributed by atoms with Gasteiger partial charge >= 0.3 is 5.97 Å². The molecule has 1 heterocycles. The maximum absolute atomic E-state index is 11.3. The molecule has 0 bridgehead atoms. The summed E-state index contributed by atoms with van der Waals surface area (Å²) < 4.78 is 4.68. The number of rotatable bonds is 2. The van der Waals surface area contributed by atoms with Gasteiger partial charge in [0.05, 0.1) is 12.7 Å². The minimum Gasteiger partial charge on any atom is -0.465 e. The van der Waals surface area contributed by atoms with Crippen molar-refractivity contribution in [2.45, 2.75) is 13.0 Å². The van der Waals surface area contributed by atoms with E-state index in [2.05, 4.69) is 21.9 Å². The Bertz CT molecular complexity index is 389. The van der Waals surface area contributed by atoms with Gasteiger partial charge in [-0.3, -0.25) is 0 Å². The number of carbonyl (C=O) groups excluding carboxylic acids is 1. The highest BCUT2D eigenvalue weighted by Crippen LogP contribution is 2.19. The first-order chi connectivity index (χ1) is 8.22. The molecule has 2 rings (SSSR count). The van der Waals surface area contributed by atoms with Crippen LogP contribution in [0.15, 0.2) is 24.3 Å². The Hall–Kier alpha value is -1.55. The fourth-order valence-electron chi connectivity index (χ4n) is 2.13. The number of esters is 1. The smallest absolute Gasteiger partial charge is 0.337 e. The molecule has 1 aliphatic heterocycles. The second kappa shape index (κ2) is 5.19. The molecule has 1 N–H and O–H groups in total. The average molecular weight is 234 g/mol. The summed E-state index contributed by atoms with van der Waals surface area (Å²) in [6.45, 7) is 5.20. The largest absolute Gasteiger partial charge is 0.465 e. The van der Waals surface area contributed by atoms with Crippen LogP contribution in [0.4, 0.5) is 5.69 Å². The number of nitrogens with zero attached hydrogens (tertiary/aromatic N) is 1. The predicted molar refractivity (Wildman–Crippen MR) is 67.5 cm³/mol. The van der Waals surface area contributed by atoms with Crippen LogP contribution in [0.25, 0.3) is 0 Å². The molecule has 0 amide bonds. The minimum atomic E-state index is -0.287. The van der Waals surface area contributed by atoms with Crippen molar-refractivity contribution in [1.82, 2.24) is 5.32 Å². The van der Waals surface area contributed by atoms with Gasteiger partial charge in [0.25, 0.3) is 0 Å². The summed E-state index contributed by atoms with van der Waals surface area (Å²) in [6.07, 6.45) is 0. The first-order valence-electron chi connectivity index (χ1n) is 5.88. The number of anilines is 1. The lowest BCUT2D eigenvalue weighted by molar-refractivity contribution is 0.0601. The Morgan fingerprint density at radius 1 is 1.41 bits per heavy atom. The van der Waals surface area contributed by atoms with Crippen LogP contribution in [0.5, 0.6) is 0 Å². The zero-order valence-electron chi connectivity index (χ0n) is 10.3. The zero-order valence-corrected chi connectivity index (χ0v) is 10.3. The van der Waals surface area contributed by atoms with Crippen LogP contribution in [0.1, 0.15) is 17.3 Å². The van der Waals surface area contributed by atoms with E-state index in [1.165, 1.54) is 7.11 Å². The topological polar surface area (TPSA) is 41.6 Å². The lowest BCUT2D eigenvalue weighted by atomic mass is 10.1. The molecule has 92 valence electrons. The molecule has 17 heavy (non-hydrogen) atoms. The summed E-state index contributed by atoms with van der Waals surface area (Å²) in [7, 11) is 1.40. The predicted octanol–water partition coefficient (Wildman–Crippen LogP) is 1.27. The molecule has 0 spiro atoms. The summed E-state index contributed by atoms with van der Waals surface area (Å²) in [4.78, 5) is 13.7. The molecule has 4 nitrogen and oxygen atoms in total. The number of piperazine rings is 1. The molecular weight excluding hydrogens is 216 g/mol. The monoisotopic (exact) mass is 234 g/mol. The van der Waals surface area contributed by atoms with Gasteiger partial charge in [-0.25, -0.2) is 4.79 Å². The van der Waals surface area contributed by atoms with Crippen LogP contribution in [0.3, 0.4) is 0 Å². The molecule has 0 saturated carbocycles. The van der Waals surface area contributed by atoms with E-state index in [1.807, 2.05) is 24.3 Å². The summed E-state index contributed by atoms with van der Waals surface area (Å²) in [5, 5.41) is 3.36. The number of benzene rings is 1. The lowest BCUT2D eigenvalue weighted by Crippen LogP contribution is -2.49. The molecule has 1 aliphatic rings. The Morgan fingerprint density at radius 3 is 2.71 bits per heavy atom. The van der Waals surface area contributed by atoms with E-state index in [0.717, 1.165) is 25.3 Å². The van der Waals surface area contributed by atoms with Crippen molar-refractivity contribution >= 4 is 11.7 Å². The molecule has 0 unspecified atom stereocenters. The van der Waals surface area contributed by atoms with Crippen molar-refractivity contribution in [2.24, 2.45) is 0 Å². The molecule has 0 aromatic heterocycles. The Kier molecular flexibility index (Phi) is 3.64. The van der Waals surface area contributed by atoms with Gasteiger partial charge < -0.3 is 15.0 Å². The van der Waals surface area contributed by atoms with Gasteiger partial charge in [0.15, 0.2) is 0 Å². The van der Waals surface area contributed by atoms with Crippen molar-refractivity contribution < 1.29 is 9.53 Å². The van der Waals surface area contributed by atoms with Gasteiger partial charge in [0.2, 0.25) is 0 Å². The molecule has 1 saturated heterocycles. The van der Waals surface area contributed by atoms with Crippen LogP contribution in [0, 0.1) is 0 Å². The summed E-state index contributed by atoms with van der Waals surface area (Å²) in [5.74, 6) is -0.287. The maximum atomic E-state index is 11.3. The summed E-state index contributed by atoms with van der Waals surface area (Å²) in [5.41, 5.74) is 1.76. The van der Waals surface area contributed by atoms with Crippen molar-refractivity contribution in [3.05, 3.63) is 29.8 Å². The third kappa shape index (κ3) is 2.58.